The number of nitrogens with one attached hydrogen (secondary N) is 1. The van der Waals surface area contributed by atoms with Crippen LogP contribution in [0.25, 0.3) is 0 Å². The molecule has 0 saturated carbocycles. The van der Waals surface area contributed by atoms with E-state index < -0.39 is 5.82 Å². The van der Waals surface area contributed by atoms with E-state index in [0.717, 1.165) is 5.75 Å². The van der Waals surface area contributed by atoms with Crippen molar-refractivity contribution in [1.29, 1.82) is 0 Å². The molecule has 0 spiro atoms. The molecule has 3 aromatic rings. The summed E-state index contributed by atoms with van der Waals surface area (Å²) in [5.41, 5.74) is 0.552. The van der Waals surface area contributed by atoms with E-state index >= 15 is 0 Å². The molecule has 3 rings (SSSR count). The number of halogens is 1. The number of carbonyl (C=O) groups is 1. The fourth-order valence-electron chi connectivity index (χ4n) is 2.21. The van der Waals surface area contributed by atoms with Crippen LogP contribution in [0.1, 0.15) is 10.4 Å². The number of carbonyl (C=O) groups excluding carboxylic acids is 1. The van der Waals surface area contributed by atoms with Crippen LogP contribution in [-0.2, 0) is 0 Å². The highest BCUT2D eigenvalue weighted by Gasteiger charge is 2.09. The molecule has 1 N–H and O–H groups in total. The zero-order valence-electron chi connectivity index (χ0n) is 13.5. The first kappa shape index (κ1) is 16.5. The van der Waals surface area contributed by atoms with Crippen LogP contribution in [0.2, 0.25) is 0 Å². The summed E-state index contributed by atoms with van der Waals surface area (Å²) < 4.78 is 24.4. The Hall–Kier alpha value is -3.34. The topological polar surface area (TPSA) is 47.6 Å². The minimum absolute atomic E-state index is 0.144. The first-order chi connectivity index (χ1) is 12.2. The van der Waals surface area contributed by atoms with Crippen LogP contribution in [-0.4, -0.2) is 13.0 Å². The summed E-state index contributed by atoms with van der Waals surface area (Å²) in [6.45, 7) is 0. The largest absolute Gasteiger partial charge is 0.497 e. The molecule has 126 valence electrons. The van der Waals surface area contributed by atoms with Gasteiger partial charge >= 0.3 is 0 Å². The third-order valence-corrected chi connectivity index (χ3v) is 3.53. The van der Waals surface area contributed by atoms with Crippen LogP contribution in [0, 0.1) is 5.82 Å². The van der Waals surface area contributed by atoms with Crippen LogP contribution in [0.15, 0.2) is 72.8 Å². The van der Waals surface area contributed by atoms with Gasteiger partial charge in [0, 0.05) is 5.56 Å². The molecule has 0 saturated heterocycles. The van der Waals surface area contributed by atoms with Crippen LogP contribution in [0.3, 0.4) is 0 Å². The SMILES string of the molecule is COc1ccc(Oc2ccc(C(=O)Nc3ccccc3F)cc2)cc1. The van der Waals surface area contributed by atoms with E-state index in [2.05, 4.69) is 5.32 Å². The van der Waals surface area contributed by atoms with Crippen molar-refractivity contribution in [2.75, 3.05) is 12.4 Å². The summed E-state index contributed by atoms with van der Waals surface area (Å²) in [5.74, 6) is 1.13. The van der Waals surface area contributed by atoms with Gasteiger partial charge in [-0.2, -0.15) is 0 Å². The Morgan fingerprint density at radius 1 is 0.840 bits per heavy atom. The molecule has 4 nitrogen and oxygen atoms in total. The Balaban J connectivity index is 1.67. The van der Waals surface area contributed by atoms with Gasteiger partial charge in [0.25, 0.3) is 5.91 Å². The Bertz CT molecular complexity index is 861. The maximum Gasteiger partial charge on any atom is 0.255 e. The minimum atomic E-state index is -0.477. The highest BCUT2D eigenvalue weighted by atomic mass is 19.1. The highest BCUT2D eigenvalue weighted by molar-refractivity contribution is 6.04. The van der Waals surface area contributed by atoms with E-state index in [-0.39, 0.29) is 11.6 Å². The number of methoxy groups -OCH3 is 1. The molecule has 1 amide bonds. The molecule has 0 radical (unpaired) electrons. The number of ether oxygens (including phenoxy) is 2. The molecule has 5 heteroatoms. The van der Waals surface area contributed by atoms with Crippen LogP contribution in [0.4, 0.5) is 10.1 Å². The van der Waals surface area contributed by atoms with E-state index in [1.165, 1.54) is 12.1 Å². The van der Waals surface area contributed by atoms with Crippen molar-refractivity contribution in [2.24, 2.45) is 0 Å². The van der Waals surface area contributed by atoms with Crippen molar-refractivity contribution in [3.05, 3.63) is 84.2 Å². The average Bonchev–Trinajstić information content (AvgIpc) is 2.65. The second-order valence-corrected chi connectivity index (χ2v) is 5.24. The third-order valence-electron chi connectivity index (χ3n) is 3.53. The first-order valence-electron chi connectivity index (χ1n) is 7.63. The van der Waals surface area contributed by atoms with Gasteiger partial charge in [-0.15, -0.1) is 0 Å². The lowest BCUT2D eigenvalue weighted by atomic mass is 10.2. The molecule has 0 aliphatic carbocycles. The van der Waals surface area contributed by atoms with E-state index in [1.807, 2.05) is 0 Å². The molecule has 0 atom stereocenters. The number of para-hydroxylation sites is 1. The van der Waals surface area contributed by atoms with Gasteiger partial charge in [-0.25, -0.2) is 4.39 Å². The van der Waals surface area contributed by atoms with Gasteiger partial charge < -0.3 is 14.8 Å². The van der Waals surface area contributed by atoms with Crippen molar-refractivity contribution in [1.82, 2.24) is 0 Å². The summed E-state index contributed by atoms with van der Waals surface area (Å²) in [6.07, 6.45) is 0. The fourth-order valence-corrected chi connectivity index (χ4v) is 2.21. The molecule has 0 bridgehead atoms. The summed E-state index contributed by atoms with van der Waals surface area (Å²) in [7, 11) is 1.60. The number of amides is 1. The molecular weight excluding hydrogens is 321 g/mol. The van der Waals surface area contributed by atoms with Crippen molar-refractivity contribution in [3.63, 3.8) is 0 Å². The summed E-state index contributed by atoms with van der Waals surface area (Å²) in [5, 5.41) is 2.54. The normalized spacial score (nSPS) is 10.2. The molecule has 0 aliphatic rings. The van der Waals surface area contributed by atoms with E-state index in [0.29, 0.717) is 17.1 Å². The maximum atomic E-state index is 13.6. The molecule has 25 heavy (non-hydrogen) atoms. The van der Waals surface area contributed by atoms with E-state index in [1.54, 1.807) is 67.8 Å². The second-order valence-electron chi connectivity index (χ2n) is 5.24. The quantitative estimate of drug-likeness (QED) is 0.722. The molecule has 3 aromatic carbocycles. The predicted octanol–water partition coefficient (Wildman–Crippen LogP) is 4.88. The van der Waals surface area contributed by atoms with Gasteiger partial charge in [-0.05, 0) is 60.7 Å². The lowest BCUT2D eigenvalue weighted by Gasteiger charge is -2.09. The van der Waals surface area contributed by atoms with Gasteiger partial charge in [0.15, 0.2) is 0 Å². The average molecular weight is 337 g/mol. The van der Waals surface area contributed by atoms with Crippen molar-refractivity contribution < 1.29 is 18.7 Å². The van der Waals surface area contributed by atoms with Gasteiger partial charge in [0.1, 0.15) is 23.1 Å². The van der Waals surface area contributed by atoms with Gasteiger partial charge in [0.05, 0.1) is 12.8 Å². The fraction of sp³-hybridized carbons (Fsp3) is 0.0500. The number of hydrogen-bond acceptors (Lipinski definition) is 3. The van der Waals surface area contributed by atoms with Crippen molar-refractivity contribution in [2.45, 2.75) is 0 Å². The van der Waals surface area contributed by atoms with Crippen LogP contribution >= 0.6 is 0 Å². The summed E-state index contributed by atoms with van der Waals surface area (Å²) in [6, 6.07) is 19.8. The van der Waals surface area contributed by atoms with Gasteiger partial charge in [0.2, 0.25) is 0 Å². The first-order valence-corrected chi connectivity index (χ1v) is 7.63. The standard InChI is InChI=1S/C20H16FNO3/c1-24-15-10-12-17(13-11-15)25-16-8-6-14(7-9-16)20(23)22-19-5-3-2-4-18(19)21/h2-13H,1H3,(H,22,23). The molecule has 0 fully saturated rings. The van der Waals surface area contributed by atoms with Crippen molar-refractivity contribution in [3.8, 4) is 17.2 Å². The highest BCUT2D eigenvalue weighted by Crippen LogP contribution is 2.24. The van der Waals surface area contributed by atoms with E-state index in [4.69, 9.17) is 9.47 Å². The number of anilines is 1. The monoisotopic (exact) mass is 337 g/mol. The molecule has 0 aliphatic heterocycles. The summed E-state index contributed by atoms with van der Waals surface area (Å²) >= 11 is 0. The van der Waals surface area contributed by atoms with Gasteiger partial charge in [-0.3, -0.25) is 4.79 Å². The zero-order valence-corrected chi connectivity index (χ0v) is 13.5. The Labute approximate surface area is 144 Å². The van der Waals surface area contributed by atoms with E-state index in [9.17, 15) is 9.18 Å². The molecular formula is C20H16FNO3. The lowest BCUT2D eigenvalue weighted by molar-refractivity contribution is 0.102. The molecule has 0 heterocycles. The Morgan fingerprint density at radius 2 is 1.40 bits per heavy atom. The van der Waals surface area contributed by atoms with Crippen LogP contribution in [0.5, 0.6) is 17.2 Å². The number of hydrogen-bond donors (Lipinski definition) is 1. The van der Waals surface area contributed by atoms with Crippen molar-refractivity contribution >= 4 is 11.6 Å². The molecule has 0 unspecified atom stereocenters. The predicted molar refractivity (Wildman–Crippen MR) is 93.9 cm³/mol. The molecule has 0 aromatic heterocycles. The maximum absolute atomic E-state index is 13.6. The number of benzene rings is 3. The minimum Gasteiger partial charge on any atom is -0.497 e. The summed E-state index contributed by atoms with van der Waals surface area (Å²) in [4.78, 5) is 12.2. The van der Waals surface area contributed by atoms with Gasteiger partial charge in [-0.1, -0.05) is 12.1 Å². The smallest absolute Gasteiger partial charge is 0.255 e. The Morgan fingerprint density at radius 3 is 2.00 bits per heavy atom. The number of rotatable bonds is 5. The lowest BCUT2D eigenvalue weighted by Crippen LogP contribution is -2.12. The third kappa shape index (κ3) is 4.14. The zero-order chi connectivity index (χ0) is 17.6. The second kappa shape index (κ2) is 7.49. The van der Waals surface area contributed by atoms with Crippen LogP contribution < -0.4 is 14.8 Å². The Kier molecular flexibility index (Phi) is 4.95.